The van der Waals surface area contributed by atoms with Crippen LogP contribution in [0.1, 0.15) is 70.6 Å². The van der Waals surface area contributed by atoms with Crippen LogP contribution in [0.4, 0.5) is 11.4 Å². The fourth-order valence-electron chi connectivity index (χ4n) is 4.11. The highest BCUT2D eigenvalue weighted by atomic mass is 16.2. The Kier molecular flexibility index (Phi) is 6.48. The summed E-state index contributed by atoms with van der Waals surface area (Å²) in [7, 11) is 0. The Balaban J connectivity index is 1.46. The van der Waals surface area contributed by atoms with Gasteiger partial charge in [0.2, 0.25) is 11.8 Å². The van der Waals surface area contributed by atoms with Crippen molar-refractivity contribution < 1.29 is 9.59 Å². The molecule has 0 radical (unpaired) electrons. The SMILES string of the molecule is O=C(CC1CCCCC1)Nc1ccc(NC(=O)C2CCCCC2)cc1. The number of carbonyl (C=O) groups is 2. The van der Waals surface area contributed by atoms with E-state index in [2.05, 4.69) is 10.6 Å². The normalized spacial score (nSPS) is 19.4. The number of hydrogen-bond donors (Lipinski definition) is 2. The first-order chi connectivity index (χ1) is 12.2. The van der Waals surface area contributed by atoms with Crippen LogP contribution in [-0.4, -0.2) is 11.8 Å². The number of nitrogens with one attached hydrogen (secondary N) is 2. The van der Waals surface area contributed by atoms with Crippen molar-refractivity contribution in [3.63, 3.8) is 0 Å². The first-order valence-electron chi connectivity index (χ1n) is 9.91. The van der Waals surface area contributed by atoms with Gasteiger partial charge in [0.25, 0.3) is 0 Å². The van der Waals surface area contributed by atoms with E-state index in [9.17, 15) is 9.59 Å². The van der Waals surface area contributed by atoms with Gasteiger partial charge < -0.3 is 10.6 Å². The third-order valence-corrected chi connectivity index (χ3v) is 5.61. The molecule has 4 heteroatoms. The van der Waals surface area contributed by atoms with E-state index in [0.29, 0.717) is 12.3 Å². The predicted molar refractivity (Wildman–Crippen MR) is 101 cm³/mol. The average Bonchev–Trinajstić information content (AvgIpc) is 2.65. The highest BCUT2D eigenvalue weighted by Gasteiger charge is 2.21. The van der Waals surface area contributed by atoms with Crippen LogP contribution in [0.15, 0.2) is 24.3 Å². The molecule has 2 N–H and O–H groups in total. The smallest absolute Gasteiger partial charge is 0.227 e. The van der Waals surface area contributed by atoms with Gasteiger partial charge in [-0.3, -0.25) is 9.59 Å². The second-order valence-electron chi connectivity index (χ2n) is 7.66. The summed E-state index contributed by atoms with van der Waals surface area (Å²) in [6.07, 6.45) is 12.4. The van der Waals surface area contributed by atoms with Gasteiger partial charge in [-0.05, 0) is 55.9 Å². The van der Waals surface area contributed by atoms with Crippen molar-refractivity contribution in [2.24, 2.45) is 11.8 Å². The van der Waals surface area contributed by atoms with Crippen molar-refractivity contribution in [3.8, 4) is 0 Å². The Labute approximate surface area is 150 Å². The van der Waals surface area contributed by atoms with Crippen molar-refractivity contribution in [2.75, 3.05) is 10.6 Å². The minimum atomic E-state index is 0.103. The molecule has 0 bridgehead atoms. The molecular formula is C21H30N2O2. The molecule has 0 saturated heterocycles. The minimum absolute atomic E-state index is 0.103. The van der Waals surface area contributed by atoms with Crippen molar-refractivity contribution in [2.45, 2.75) is 70.6 Å². The lowest BCUT2D eigenvalue weighted by molar-refractivity contribution is -0.120. The maximum atomic E-state index is 12.3. The molecule has 3 rings (SSSR count). The zero-order chi connectivity index (χ0) is 17.5. The number of rotatable bonds is 5. The molecule has 2 fully saturated rings. The maximum Gasteiger partial charge on any atom is 0.227 e. The second-order valence-corrected chi connectivity index (χ2v) is 7.66. The summed E-state index contributed by atoms with van der Waals surface area (Å²) in [6.45, 7) is 0. The standard InChI is InChI=1S/C21H30N2O2/c24-20(15-16-7-3-1-4-8-16)22-18-11-13-19(14-12-18)23-21(25)17-9-5-2-6-10-17/h11-14,16-17H,1-10,15H2,(H,22,24)(H,23,25). The molecule has 0 unspecified atom stereocenters. The van der Waals surface area contributed by atoms with E-state index in [1.165, 1.54) is 38.5 Å². The molecule has 136 valence electrons. The van der Waals surface area contributed by atoms with Crippen LogP contribution >= 0.6 is 0 Å². The summed E-state index contributed by atoms with van der Waals surface area (Å²) >= 11 is 0. The summed E-state index contributed by atoms with van der Waals surface area (Å²) in [5, 5.41) is 5.99. The molecule has 0 atom stereocenters. The lowest BCUT2D eigenvalue weighted by Gasteiger charge is -2.21. The van der Waals surface area contributed by atoms with Crippen LogP contribution in [0.5, 0.6) is 0 Å². The Bertz CT molecular complexity index is 570. The largest absolute Gasteiger partial charge is 0.326 e. The molecule has 1 aromatic rings. The monoisotopic (exact) mass is 342 g/mol. The molecule has 2 amide bonds. The quantitative estimate of drug-likeness (QED) is 0.781. The van der Waals surface area contributed by atoms with Gasteiger partial charge in [-0.1, -0.05) is 38.5 Å². The van der Waals surface area contributed by atoms with Gasteiger partial charge in [0.1, 0.15) is 0 Å². The molecular weight excluding hydrogens is 312 g/mol. The van der Waals surface area contributed by atoms with Crippen LogP contribution in [0, 0.1) is 11.8 Å². The van der Waals surface area contributed by atoms with Crippen molar-refractivity contribution in [3.05, 3.63) is 24.3 Å². The third kappa shape index (κ3) is 5.58. The van der Waals surface area contributed by atoms with Crippen molar-refractivity contribution >= 4 is 23.2 Å². The van der Waals surface area contributed by atoms with E-state index >= 15 is 0 Å². The molecule has 1 aromatic carbocycles. The highest BCUT2D eigenvalue weighted by molar-refractivity contribution is 5.94. The zero-order valence-corrected chi connectivity index (χ0v) is 15.1. The molecule has 0 spiro atoms. The summed E-state index contributed by atoms with van der Waals surface area (Å²) in [5.74, 6) is 0.936. The second kappa shape index (κ2) is 9.02. The van der Waals surface area contributed by atoms with E-state index in [4.69, 9.17) is 0 Å². The topological polar surface area (TPSA) is 58.2 Å². The van der Waals surface area contributed by atoms with Crippen molar-refractivity contribution in [1.29, 1.82) is 0 Å². The van der Waals surface area contributed by atoms with E-state index in [0.717, 1.165) is 37.1 Å². The maximum absolute atomic E-state index is 12.3. The molecule has 0 aromatic heterocycles. The van der Waals surface area contributed by atoms with Gasteiger partial charge in [0, 0.05) is 23.7 Å². The number of benzene rings is 1. The first kappa shape index (κ1) is 18.0. The Morgan fingerprint density at radius 1 is 0.760 bits per heavy atom. The van der Waals surface area contributed by atoms with E-state index in [-0.39, 0.29) is 17.7 Å². The number of carbonyl (C=O) groups excluding carboxylic acids is 2. The molecule has 25 heavy (non-hydrogen) atoms. The average molecular weight is 342 g/mol. The number of anilines is 2. The molecule has 0 heterocycles. The molecule has 0 aliphatic heterocycles. The summed E-state index contributed by atoms with van der Waals surface area (Å²) < 4.78 is 0. The van der Waals surface area contributed by atoms with Gasteiger partial charge in [-0.2, -0.15) is 0 Å². The van der Waals surface area contributed by atoms with Crippen LogP contribution in [0.2, 0.25) is 0 Å². The molecule has 2 aliphatic rings. The Hall–Kier alpha value is -1.84. The van der Waals surface area contributed by atoms with Gasteiger partial charge >= 0.3 is 0 Å². The van der Waals surface area contributed by atoms with Gasteiger partial charge in [0.05, 0.1) is 0 Å². The van der Waals surface area contributed by atoms with Crippen LogP contribution < -0.4 is 10.6 Å². The number of amides is 2. The van der Waals surface area contributed by atoms with Crippen LogP contribution in [0.3, 0.4) is 0 Å². The summed E-state index contributed by atoms with van der Waals surface area (Å²) in [6, 6.07) is 7.48. The number of hydrogen-bond acceptors (Lipinski definition) is 2. The highest BCUT2D eigenvalue weighted by Crippen LogP contribution is 2.27. The lowest BCUT2D eigenvalue weighted by atomic mass is 9.87. The summed E-state index contributed by atoms with van der Waals surface area (Å²) in [5.41, 5.74) is 1.61. The summed E-state index contributed by atoms with van der Waals surface area (Å²) in [4.78, 5) is 24.4. The van der Waals surface area contributed by atoms with Crippen LogP contribution in [-0.2, 0) is 9.59 Å². The van der Waals surface area contributed by atoms with Gasteiger partial charge in [-0.25, -0.2) is 0 Å². The van der Waals surface area contributed by atoms with Gasteiger partial charge in [0.15, 0.2) is 0 Å². The van der Waals surface area contributed by atoms with E-state index < -0.39 is 0 Å². The molecule has 2 saturated carbocycles. The zero-order valence-electron chi connectivity index (χ0n) is 15.1. The van der Waals surface area contributed by atoms with Gasteiger partial charge in [-0.15, -0.1) is 0 Å². The Morgan fingerprint density at radius 3 is 1.88 bits per heavy atom. The predicted octanol–water partition coefficient (Wildman–Crippen LogP) is 5.11. The van der Waals surface area contributed by atoms with Crippen LogP contribution in [0.25, 0.3) is 0 Å². The third-order valence-electron chi connectivity index (χ3n) is 5.61. The Morgan fingerprint density at radius 2 is 1.28 bits per heavy atom. The lowest BCUT2D eigenvalue weighted by Crippen LogP contribution is -2.24. The fourth-order valence-corrected chi connectivity index (χ4v) is 4.11. The molecule has 2 aliphatic carbocycles. The minimum Gasteiger partial charge on any atom is -0.326 e. The first-order valence-corrected chi connectivity index (χ1v) is 9.91. The van der Waals surface area contributed by atoms with E-state index in [1.54, 1.807) is 0 Å². The molecule has 4 nitrogen and oxygen atoms in total. The van der Waals surface area contributed by atoms with Crippen molar-refractivity contribution in [1.82, 2.24) is 0 Å². The van der Waals surface area contributed by atoms with E-state index in [1.807, 2.05) is 24.3 Å². The fraction of sp³-hybridized carbons (Fsp3) is 0.619.